The summed E-state index contributed by atoms with van der Waals surface area (Å²) in [6.45, 7) is 6.36. The van der Waals surface area contributed by atoms with E-state index in [9.17, 15) is 4.39 Å². The van der Waals surface area contributed by atoms with Crippen LogP contribution in [0.25, 0.3) is 0 Å². The minimum absolute atomic E-state index is 0.246. The zero-order valence-electron chi connectivity index (χ0n) is 10.9. The van der Waals surface area contributed by atoms with E-state index in [4.69, 9.17) is 4.74 Å². The van der Waals surface area contributed by atoms with Crippen LogP contribution in [0.4, 0.5) is 4.39 Å². The maximum Gasteiger partial charge on any atom is 0.132 e. The molecule has 0 radical (unpaired) electrons. The Hall–Kier alpha value is -1.84. The van der Waals surface area contributed by atoms with Crippen LogP contribution in [-0.4, -0.2) is 9.78 Å². The van der Waals surface area contributed by atoms with Crippen molar-refractivity contribution in [1.29, 1.82) is 0 Å². The summed E-state index contributed by atoms with van der Waals surface area (Å²) in [4.78, 5) is 0. The second-order valence-electron chi connectivity index (χ2n) is 4.58. The Morgan fingerprint density at radius 1 is 1.33 bits per heavy atom. The molecule has 0 N–H and O–H groups in total. The smallest absolute Gasteiger partial charge is 0.132 e. The normalized spacial score (nSPS) is 10.9. The zero-order valence-corrected chi connectivity index (χ0v) is 10.9. The lowest BCUT2D eigenvalue weighted by molar-refractivity contribution is 0.296. The molecular formula is C14H17FN2O. The van der Waals surface area contributed by atoms with E-state index >= 15 is 0 Å². The molecule has 3 nitrogen and oxygen atoms in total. The molecule has 0 aliphatic carbocycles. The molecule has 0 unspecified atom stereocenters. The number of aromatic nitrogens is 2. The number of rotatable bonds is 4. The lowest BCUT2D eigenvalue weighted by atomic mass is 10.2. The van der Waals surface area contributed by atoms with E-state index in [0.717, 1.165) is 11.3 Å². The summed E-state index contributed by atoms with van der Waals surface area (Å²) in [5, 5.41) is 4.39. The molecule has 0 spiro atoms. The van der Waals surface area contributed by atoms with Crippen molar-refractivity contribution in [1.82, 2.24) is 9.78 Å². The minimum atomic E-state index is -0.246. The van der Waals surface area contributed by atoms with Crippen molar-refractivity contribution in [3.05, 3.63) is 47.5 Å². The van der Waals surface area contributed by atoms with E-state index in [0.29, 0.717) is 18.4 Å². The van der Waals surface area contributed by atoms with Gasteiger partial charge in [-0.1, -0.05) is 0 Å². The molecule has 0 saturated carbocycles. The van der Waals surface area contributed by atoms with E-state index < -0.39 is 0 Å². The fraction of sp³-hybridized carbons (Fsp3) is 0.357. The van der Waals surface area contributed by atoms with Crippen molar-refractivity contribution in [2.45, 2.75) is 33.4 Å². The minimum Gasteiger partial charge on any atom is -0.487 e. The average Bonchev–Trinajstić information content (AvgIpc) is 2.76. The molecule has 0 fully saturated rings. The summed E-state index contributed by atoms with van der Waals surface area (Å²) in [6.07, 6.45) is 1.93. The van der Waals surface area contributed by atoms with Gasteiger partial charge in [-0.15, -0.1) is 0 Å². The molecule has 4 heteroatoms. The van der Waals surface area contributed by atoms with Gasteiger partial charge in [0.15, 0.2) is 0 Å². The van der Waals surface area contributed by atoms with Crippen molar-refractivity contribution in [3.63, 3.8) is 0 Å². The van der Waals surface area contributed by atoms with E-state index in [1.807, 2.05) is 23.9 Å². The molecule has 0 aliphatic rings. The molecule has 1 aromatic carbocycles. The van der Waals surface area contributed by atoms with Gasteiger partial charge in [0.05, 0.1) is 5.69 Å². The van der Waals surface area contributed by atoms with Crippen LogP contribution in [0.3, 0.4) is 0 Å². The SMILES string of the molecule is Cc1cc(F)ccc1OCc1ccn(C(C)C)n1. The van der Waals surface area contributed by atoms with Crippen molar-refractivity contribution < 1.29 is 9.13 Å². The third-order valence-electron chi connectivity index (χ3n) is 2.71. The largest absolute Gasteiger partial charge is 0.487 e. The predicted octanol–water partition coefficient (Wildman–Crippen LogP) is 3.49. The first-order chi connectivity index (χ1) is 8.56. The monoisotopic (exact) mass is 248 g/mol. The maximum atomic E-state index is 12.9. The summed E-state index contributed by atoms with van der Waals surface area (Å²) < 4.78 is 20.4. The van der Waals surface area contributed by atoms with Gasteiger partial charge in [-0.05, 0) is 50.6 Å². The van der Waals surface area contributed by atoms with Gasteiger partial charge in [0.25, 0.3) is 0 Å². The second kappa shape index (κ2) is 5.21. The maximum absolute atomic E-state index is 12.9. The van der Waals surface area contributed by atoms with Crippen LogP contribution in [0, 0.1) is 12.7 Å². The molecule has 0 bridgehead atoms. The molecule has 0 atom stereocenters. The van der Waals surface area contributed by atoms with E-state index in [2.05, 4.69) is 18.9 Å². The number of halogens is 1. The Kier molecular flexibility index (Phi) is 3.65. The Labute approximate surface area is 106 Å². The van der Waals surface area contributed by atoms with Crippen molar-refractivity contribution >= 4 is 0 Å². The fourth-order valence-corrected chi connectivity index (χ4v) is 1.67. The van der Waals surface area contributed by atoms with Crippen LogP contribution < -0.4 is 4.74 Å². The first kappa shape index (κ1) is 12.6. The van der Waals surface area contributed by atoms with E-state index in [1.165, 1.54) is 12.1 Å². The summed E-state index contributed by atoms with van der Waals surface area (Å²) in [5.41, 5.74) is 1.66. The van der Waals surface area contributed by atoms with Crippen LogP contribution in [0.2, 0.25) is 0 Å². The number of hydrogen-bond donors (Lipinski definition) is 0. The molecule has 18 heavy (non-hydrogen) atoms. The number of nitrogens with zero attached hydrogens (tertiary/aromatic N) is 2. The van der Waals surface area contributed by atoms with Gasteiger partial charge in [0.1, 0.15) is 18.2 Å². The Morgan fingerprint density at radius 3 is 2.72 bits per heavy atom. The van der Waals surface area contributed by atoms with Gasteiger partial charge < -0.3 is 4.74 Å². The second-order valence-corrected chi connectivity index (χ2v) is 4.58. The number of ether oxygens (including phenoxy) is 1. The van der Waals surface area contributed by atoms with Crippen LogP contribution in [0.15, 0.2) is 30.5 Å². The van der Waals surface area contributed by atoms with Crippen LogP contribution in [0.1, 0.15) is 31.1 Å². The Morgan fingerprint density at radius 2 is 2.11 bits per heavy atom. The number of benzene rings is 1. The van der Waals surface area contributed by atoms with Crippen LogP contribution in [0.5, 0.6) is 5.75 Å². The highest BCUT2D eigenvalue weighted by Crippen LogP contribution is 2.19. The fourth-order valence-electron chi connectivity index (χ4n) is 1.67. The third kappa shape index (κ3) is 2.88. The zero-order chi connectivity index (χ0) is 13.1. The molecule has 2 rings (SSSR count). The van der Waals surface area contributed by atoms with Crippen molar-refractivity contribution in [3.8, 4) is 5.75 Å². The number of hydrogen-bond acceptors (Lipinski definition) is 2. The topological polar surface area (TPSA) is 27.1 Å². The third-order valence-corrected chi connectivity index (χ3v) is 2.71. The molecule has 0 aliphatic heterocycles. The summed E-state index contributed by atoms with van der Waals surface area (Å²) in [5.74, 6) is 0.444. The Bertz CT molecular complexity index is 534. The van der Waals surface area contributed by atoms with E-state index in [-0.39, 0.29) is 5.82 Å². The van der Waals surface area contributed by atoms with Gasteiger partial charge in [-0.2, -0.15) is 5.10 Å². The summed E-state index contributed by atoms with van der Waals surface area (Å²) in [7, 11) is 0. The lowest BCUT2D eigenvalue weighted by Crippen LogP contribution is -2.03. The standard InChI is InChI=1S/C14H17FN2O/c1-10(2)17-7-6-13(16-17)9-18-14-5-4-12(15)8-11(14)3/h4-8,10H,9H2,1-3H3. The highest BCUT2D eigenvalue weighted by Gasteiger charge is 2.05. The van der Waals surface area contributed by atoms with Crippen molar-refractivity contribution in [2.75, 3.05) is 0 Å². The first-order valence-electron chi connectivity index (χ1n) is 5.99. The Balaban J connectivity index is 2.02. The van der Waals surface area contributed by atoms with Gasteiger partial charge in [-0.25, -0.2) is 4.39 Å². The predicted molar refractivity (Wildman–Crippen MR) is 68.1 cm³/mol. The average molecular weight is 248 g/mol. The highest BCUT2D eigenvalue weighted by molar-refractivity contribution is 5.32. The highest BCUT2D eigenvalue weighted by atomic mass is 19.1. The molecule has 2 aromatic rings. The van der Waals surface area contributed by atoms with Gasteiger partial charge in [0.2, 0.25) is 0 Å². The van der Waals surface area contributed by atoms with Crippen molar-refractivity contribution in [2.24, 2.45) is 0 Å². The number of aryl methyl sites for hydroxylation is 1. The summed E-state index contributed by atoms with van der Waals surface area (Å²) >= 11 is 0. The van der Waals surface area contributed by atoms with Gasteiger partial charge >= 0.3 is 0 Å². The van der Waals surface area contributed by atoms with Gasteiger partial charge in [-0.3, -0.25) is 4.68 Å². The quantitative estimate of drug-likeness (QED) is 0.828. The first-order valence-corrected chi connectivity index (χ1v) is 5.99. The molecule has 1 heterocycles. The molecular weight excluding hydrogens is 231 g/mol. The molecule has 96 valence electrons. The van der Waals surface area contributed by atoms with Crippen LogP contribution in [-0.2, 0) is 6.61 Å². The van der Waals surface area contributed by atoms with E-state index in [1.54, 1.807) is 6.07 Å². The van der Waals surface area contributed by atoms with Gasteiger partial charge in [0, 0.05) is 12.2 Å². The summed E-state index contributed by atoms with van der Waals surface area (Å²) in [6, 6.07) is 6.77. The lowest BCUT2D eigenvalue weighted by Gasteiger charge is -2.08. The molecule has 0 saturated heterocycles. The van der Waals surface area contributed by atoms with Crippen LogP contribution >= 0.6 is 0 Å². The molecule has 1 aromatic heterocycles. The molecule has 0 amide bonds.